The van der Waals surface area contributed by atoms with Gasteiger partial charge in [-0.25, -0.2) is 0 Å². The monoisotopic (exact) mass is 495 g/mol. The SMILES string of the molecule is CN=C(NCc1ccccc1OC1CCC1)NCC(CO)c1ccccc1.I. The lowest BCUT2D eigenvalue weighted by Crippen LogP contribution is -2.39. The van der Waals surface area contributed by atoms with Crippen molar-refractivity contribution >= 4 is 29.9 Å². The first-order chi connectivity index (χ1) is 13.3. The highest BCUT2D eigenvalue weighted by Crippen LogP contribution is 2.27. The van der Waals surface area contributed by atoms with Gasteiger partial charge in [0, 0.05) is 31.6 Å². The number of nitrogens with zero attached hydrogens (tertiary/aromatic N) is 1. The molecule has 0 aromatic heterocycles. The zero-order valence-corrected chi connectivity index (χ0v) is 18.6. The standard InChI is InChI=1S/C22H29N3O2.HI/c1-23-22(25-15-19(16-26)17-8-3-2-4-9-17)24-14-18-10-5-6-13-21(18)27-20-11-7-12-20;/h2-6,8-10,13,19-20,26H,7,11-12,14-16H2,1H3,(H2,23,24,25);1H. The third kappa shape index (κ3) is 6.38. The van der Waals surface area contributed by atoms with Crippen molar-refractivity contribution in [2.75, 3.05) is 20.2 Å². The molecular formula is C22H30IN3O2. The maximum absolute atomic E-state index is 9.71. The highest BCUT2D eigenvalue weighted by atomic mass is 127. The summed E-state index contributed by atoms with van der Waals surface area (Å²) in [6, 6.07) is 18.2. The van der Waals surface area contributed by atoms with Crippen molar-refractivity contribution in [1.82, 2.24) is 10.6 Å². The van der Waals surface area contributed by atoms with Crippen LogP contribution in [0.1, 0.15) is 36.3 Å². The second kappa shape index (κ2) is 11.9. The molecule has 1 unspecified atom stereocenters. The molecule has 1 saturated carbocycles. The van der Waals surface area contributed by atoms with Crippen LogP contribution in [0.3, 0.4) is 0 Å². The fourth-order valence-electron chi connectivity index (χ4n) is 3.07. The number of aliphatic imine (C=N–C) groups is 1. The lowest BCUT2D eigenvalue weighted by atomic mass is 9.96. The normalized spacial score (nSPS) is 15.1. The molecule has 0 saturated heterocycles. The Morgan fingerprint density at radius 2 is 1.82 bits per heavy atom. The van der Waals surface area contributed by atoms with Crippen LogP contribution in [-0.4, -0.2) is 37.4 Å². The number of para-hydroxylation sites is 1. The van der Waals surface area contributed by atoms with Crippen LogP contribution in [0.5, 0.6) is 5.75 Å². The zero-order valence-electron chi connectivity index (χ0n) is 16.3. The Hall–Kier alpha value is -1.80. The van der Waals surface area contributed by atoms with Crippen LogP contribution in [0.25, 0.3) is 0 Å². The minimum Gasteiger partial charge on any atom is -0.490 e. The van der Waals surface area contributed by atoms with E-state index in [2.05, 4.69) is 21.7 Å². The van der Waals surface area contributed by atoms with Gasteiger partial charge in [0.05, 0.1) is 12.7 Å². The molecule has 0 aliphatic heterocycles. The van der Waals surface area contributed by atoms with Gasteiger partial charge >= 0.3 is 0 Å². The fraction of sp³-hybridized carbons (Fsp3) is 0.409. The molecule has 0 radical (unpaired) electrons. The summed E-state index contributed by atoms with van der Waals surface area (Å²) < 4.78 is 6.09. The first-order valence-corrected chi connectivity index (χ1v) is 9.65. The Bertz CT molecular complexity index is 736. The first-order valence-electron chi connectivity index (χ1n) is 9.65. The fourth-order valence-corrected chi connectivity index (χ4v) is 3.07. The van der Waals surface area contributed by atoms with Crippen LogP contribution in [0.2, 0.25) is 0 Å². The summed E-state index contributed by atoms with van der Waals surface area (Å²) in [6.07, 6.45) is 3.91. The van der Waals surface area contributed by atoms with E-state index in [0.29, 0.717) is 25.2 Å². The molecule has 0 heterocycles. The number of guanidine groups is 1. The van der Waals surface area contributed by atoms with Gasteiger partial charge < -0.3 is 20.5 Å². The van der Waals surface area contributed by atoms with E-state index in [1.165, 1.54) is 6.42 Å². The van der Waals surface area contributed by atoms with E-state index in [1.807, 2.05) is 48.5 Å². The summed E-state index contributed by atoms with van der Waals surface area (Å²) in [7, 11) is 1.75. The Labute approximate surface area is 184 Å². The van der Waals surface area contributed by atoms with Gasteiger partial charge in [0.25, 0.3) is 0 Å². The van der Waals surface area contributed by atoms with Gasteiger partial charge in [-0.1, -0.05) is 48.5 Å². The zero-order chi connectivity index (χ0) is 18.9. The van der Waals surface area contributed by atoms with Crippen LogP contribution in [0.4, 0.5) is 0 Å². The number of hydrogen-bond acceptors (Lipinski definition) is 3. The molecule has 28 heavy (non-hydrogen) atoms. The first kappa shape index (κ1) is 22.5. The molecule has 3 N–H and O–H groups in total. The second-order valence-corrected chi connectivity index (χ2v) is 6.88. The van der Waals surface area contributed by atoms with Gasteiger partial charge in [0.2, 0.25) is 0 Å². The highest BCUT2D eigenvalue weighted by Gasteiger charge is 2.20. The third-order valence-corrected chi connectivity index (χ3v) is 5.00. The summed E-state index contributed by atoms with van der Waals surface area (Å²) in [5, 5.41) is 16.4. The summed E-state index contributed by atoms with van der Waals surface area (Å²) in [5.41, 5.74) is 2.23. The molecule has 152 valence electrons. The van der Waals surface area contributed by atoms with Crippen LogP contribution in [-0.2, 0) is 6.54 Å². The number of ether oxygens (including phenoxy) is 1. The van der Waals surface area contributed by atoms with Gasteiger partial charge in [0.1, 0.15) is 5.75 Å². The molecule has 0 amide bonds. The molecule has 0 bridgehead atoms. The van der Waals surface area contributed by atoms with Gasteiger partial charge in [-0.15, -0.1) is 24.0 Å². The maximum Gasteiger partial charge on any atom is 0.191 e. The van der Waals surface area contributed by atoms with E-state index in [1.54, 1.807) is 7.05 Å². The van der Waals surface area contributed by atoms with Crippen molar-refractivity contribution in [3.8, 4) is 5.75 Å². The van der Waals surface area contributed by atoms with E-state index >= 15 is 0 Å². The number of aliphatic hydroxyl groups excluding tert-OH is 1. The lowest BCUT2D eigenvalue weighted by Gasteiger charge is -2.27. The predicted molar refractivity (Wildman–Crippen MR) is 125 cm³/mol. The van der Waals surface area contributed by atoms with Gasteiger partial charge in [-0.2, -0.15) is 0 Å². The Morgan fingerprint density at radius 1 is 1.11 bits per heavy atom. The van der Waals surface area contributed by atoms with Crippen molar-refractivity contribution in [3.63, 3.8) is 0 Å². The van der Waals surface area contributed by atoms with Gasteiger partial charge in [0.15, 0.2) is 5.96 Å². The van der Waals surface area contributed by atoms with Gasteiger partial charge in [-0.3, -0.25) is 4.99 Å². The molecule has 0 spiro atoms. The largest absolute Gasteiger partial charge is 0.490 e. The summed E-state index contributed by atoms with van der Waals surface area (Å²) in [5.74, 6) is 1.68. The van der Waals surface area contributed by atoms with Crippen LogP contribution in [0, 0.1) is 0 Å². The number of rotatable bonds is 8. The van der Waals surface area contributed by atoms with Crippen molar-refractivity contribution in [2.45, 2.75) is 37.8 Å². The molecule has 5 nitrogen and oxygen atoms in total. The van der Waals surface area contributed by atoms with Crippen molar-refractivity contribution in [3.05, 3.63) is 65.7 Å². The maximum atomic E-state index is 9.71. The molecule has 2 aromatic rings. The number of hydrogen-bond donors (Lipinski definition) is 3. The van der Waals surface area contributed by atoms with Crippen LogP contribution >= 0.6 is 24.0 Å². The molecule has 1 aliphatic rings. The molecule has 2 aromatic carbocycles. The number of benzene rings is 2. The van der Waals surface area contributed by atoms with E-state index in [-0.39, 0.29) is 36.5 Å². The topological polar surface area (TPSA) is 65.9 Å². The molecule has 1 fully saturated rings. The molecular weight excluding hydrogens is 465 g/mol. The minimum absolute atomic E-state index is 0. The quantitative estimate of drug-likeness (QED) is 0.297. The second-order valence-electron chi connectivity index (χ2n) is 6.88. The summed E-state index contributed by atoms with van der Waals surface area (Å²) in [6.45, 7) is 1.34. The predicted octanol–water partition coefficient (Wildman–Crippen LogP) is 3.68. The number of halogens is 1. The Balaban J connectivity index is 0.00000280. The van der Waals surface area contributed by atoms with Gasteiger partial charge in [-0.05, 0) is 30.9 Å². The molecule has 6 heteroatoms. The van der Waals surface area contributed by atoms with Crippen molar-refractivity contribution in [2.24, 2.45) is 4.99 Å². The van der Waals surface area contributed by atoms with Crippen LogP contribution < -0.4 is 15.4 Å². The Morgan fingerprint density at radius 3 is 2.46 bits per heavy atom. The van der Waals surface area contributed by atoms with E-state index < -0.39 is 0 Å². The lowest BCUT2D eigenvalue weighted by molar-refractivity contribution is 0.119. The van der Waals surface area contributed by atoms with E-state index in [9.17, 15) is 5.11 Å². The number of nitrogens with one attached hydrogen (secondary N) is 2. The summed E-state index contributed by atoms with van der Waals surface area (Å²) >= 11 is 0. The highest BCUT2D eigenvalue weighted by molar-refractivity contribution is 14.0. The summed E-state index contributed by atoms with van der Waals surface area (Å²) in [4.78, 5) is 4.29. The van der Waals surface area contributed by atoms with E-state index in [0.717, 1.165) is 29.7 Å². The molecule has 1 atom stereocenters. The third-order valence-electron chi connectivity index (χ3n) is 5.00. The smallest absolute Gasteiger partial charge is 0.191 e. The molecule has 3 rings (SSSR count). The minimum atomic E-state index is 0. The van der Waals surface area contributed by atoms with E-state index in [4.69, 9.17) is 4.74 Å². The Kier molecular flexibility index (Phi) is 9.57. The van der Waals surface area contributed by atoms with Crippen molar-refractivity contribution < 1.29 is 9.84 Å². The average Bonchev–Trinajstić information content (AvgIpc) is 2.69. The average molecular weight is 495 g/mol. The number of aliphatic hydroxyl groups is 1. The van der Waals surface area contributed by atoms with Crippen LogP contribution in [0.15, 0.2) is 59.6 Å². The molecule has 1 aliphatic carbocycles. The van der Waals surface area contributed by atoms with Crippen molar-refractivity contribution in [1.29, 1.82) is 0 Å².